The van der Waals surface area contributed by atoms with Crippen LogP contribution in [0.5, 0.6) is 5.75 Å². The van der Waals surface area contributed by atoms with Crippen molar-refractivity contribution in [3.63, 3.8) is 0 Å². The lowest BCUT2D eigenvalue weighted by atomic mass is 9.92. The second kappa shape index (κ2) is 8.36. The van der Waals surface area contributed by atoms with Crippen LogP contribution in [0.3, 0.4) is 0 Å². The third kappa shape index (κ3) is 3.60. The van der Waals surface area contributed by atoms with Gasteiger partial charge in [0.05, 0.1) is 32.5 Å². The van der Waals surface area contributed by atoms with Gasteiger partial charge in [-0.1, -0.05) is 6.92 Å². The summed E-state index contributed by atoms with van der Waals surface area (Å²) in [6, 6.07) is 4.48. The Morgan fingerprint density at radius 2 is 2.27 bits per heavy atom. The molecule has 0 aliphatic carbocycles. The Morgan fingerprint density at radius 1 is 1.42 bits per heavy atom. The summed E-state index contributed by atoms with van der Waals surface area (Å²) in [5.74, 6) is 0.899. The lowest BCUT2D eigenvalue weighted by molar-refractivity contribution is -0.106. The first kappa shape index (κ1) is 18.5. The van der Waals surface area contributed by atoms with Crippen molar-refractivity contribution < 1.29 is 14.6 Å². The zero-order valence-corrected chi connectivity index (χ0v) is 15.5. The summed E-state index contributed by atoms with van der Waals surface area (Å²) in [6.07, 6.45) is 7.57. The zero-order chi connectivity index (χ0) is 18.5. The van der Waals surface area contributed by atoms with Gasteiger partial charge in [0, 0.05) is 34.6 Å². The normalized spacial score (nSPS) is 16.4. The zero-order valence-electron chi connectivity index (χ0n) is 15.5. The average molecular weight is 357 g/mol. The predicted octanol–water partition coefficient (Wildman–Crippen LogP) is 2.67. The average Bonchev–Trinajstić information content (AvgIpc) is 3.10. The number of carbonyl (C=O) groups excluding carboxylic acids is 1. The molecule has 2 aromatic rings. The van der Waals surface area contributed by atoms with Crippen LogP contribution < -0.4 is 9.64 Å². The second-order valence-corrected chi connectivity index (χ2v) is 6.71. The fourth-order valence-electron chi connectivity index (χ4n) is 3.56. The molecule has 0 saturated heterocycles. The molecule has 6 nitrogen and oxygen atoms in total. The number of aromatic nitrogens is 2. The molecular weight excluding hydrogens is 330 g/mol. The summed E-state index contributed by atoms with van der Waals surface area (Å²) in [6.45, 7) is 5.83. The Morgan fingerprint density at radius 3 is 3.00 bits per heavy atom. The second-order valence-electron chi connectivity index (χ2n) is 6.71. The molecule has 1 aromatic carbocycles. The standard InChI is InChI=1S/C20H27N3O3/c1-3-12-26-20-17(16-13-21-22(14-16)8-10-24)6-7-19-18(20)5-4-15(2)23(19)9-11-25/h6-7,11,13-15,24H,3-5,8-10,12H2,1-2H3. The van der Waals surface area contributed by atoms with Gasteiger partial charge in [0.2, 0.25) is 0 Å². The fraction of sp³-hybridized carbons (Fsp3) is 0.500. The minimum absolute atomic E-state index is 0.0586. The minimum Gasteiger partial charge on any atom is -0.493 e. The van der Waals surface area contributed by atoms with Gasteiger partial charge in [-0.05, 0) is 38.3 Å². The Labute approximate surface area is 154 Å². The number of fused-ring (bicyclic) bond motifs is 1. The monoisotopic (exact) mass is 357 g/mol. The first-order valence-electron chi connectivity index (χ1n) is 9.32. The fourth-order valence-corrected chi connectivity index (χ4v) is 3.56. The lowest BCUT2D eigenvalue weighted by Gasteiger charge is -2.37. The van der Waals surface area contributed by atoms with Crippen LogP contribution in [0.15, 0.2) is 24.5 Å². The van der Waals surface area contributed by atoms with E-state index in [0.717, 1.165) is 48.1 Å². The summed E-state index contributed by atoms with van der Waals surface area (Å²) in [4.78, 5) is 13.3. The quantitative estimate of drug-likeness (QED) is 0.736. The van der Waals surface area contributed by atoms with E-state index in [-0.39, 0.29) is 6.61 Å². The highest BCUT2D eigenvalue weighted by molar-refractivity contribution is 5.78. The van der Waals surface area contributed by atoms with Crippen molar-refractivity contribution in [1.82, 2.24) is 9.78 Å². The Bertz CT molecular complexity index is 757. The molecule has 1 N–H and O–H groups in total. The molecule has 0 spiro atoms. The van der Waals surface area contributed by atoms with Crippen molar-refractivity contribution in [2.75, 3.05) is 24.7 Å². The molecule has 1 unspecified atom stereocenters. The van der Waals surface area contributed by atoms with Crippen molar-refractivity contribution in [1.29, 1.82) is 0 Å². The largest absolute Gasteiger partial charge is 0.493 e. The van der Waals surface area contributed by atoms with E-state index in [0.29, 0.717) is 25.7 Å². The molecule has 0 bridgehead atoms. The van der Waals surface area contributed by atoms with Crippen LogP contribution in [0.1, 0.15) is 32.3 Å². The SMILES string of the molecule is CCCOc1c(-c2cnn(CCO)c2)ccc2c1CCC(C)N2CC=O. The number of aliphatic hydroxyl groups is 1. The number of anilines is 1. The molecule has 1 aromatic heterocycles. The van der Waals surface area contributed by atoms with Crippen LogP contribution in [-0.4, -0.2) is 47.0 Å². The first-order chi connectivity index (χ1) is 12.7. The number of aliphatic hydroxyl groups excluding tert-OH is 1. The summed E-state index contributed by atoms with van der Waals surface area (Å²) in [5, 5.41) is 13.4. The molecule has 3 rings (SSSR count). The van der Waals surface area contributed by atoms with Crippen molar-refractivity contribution in [2.24, 2.45) is 0 Å². The van der Waals surface area contributed by atoms with Gasteiger partial charge in [-0.2, -0.15) is 5.10 Å². The van der Waals surface area contributed by atoms with Crippen molar-refractivity contribution in [3.05, 3.63) is 30.1 Å². The van der Waals surface area contributed by atoms with Gasteiger partial charge < -0.3 is 19.5 Å². The van der Waals surface area contributed by atoms with E-state index in [1.807, 2.05) is 12.4 Å². The van der Waals surface area contributed by atoms with Gasteiger partial charge in [0.25, 0.3) is 0 Å². The van der Waals surface area contributed by atoms with Crippen LogP contribution in [0.2, 0.25) is 0 Å². The molecule has 140 valence electrons. The number of nitrogens with zero attached hydrogens (tertiary/aromatic N) is 3. The number of benzene rings is 1. The maximum absolute atomic E-state index is 11.1. The summed E-state index contributed by atoms with van der Waals surface area (Å²) in [7, 11) is 0. The minimum atomic E-state index is 0.0586. The first-order valence-corrected chi connectivity index (χ1v) is 9.32. The summed E-state index contributed by atoms with van der Waals surface area (Å²) >= 11 is 0. The molecule has 2 heterocycles. The molecule has 1 aliphatic rings. The van der Waals surface area contributed by atoms with Crippen LogP contribution in [0, 0.1) is 0 Å². The van der Waals surface area contributed by atoms with E-state index in [1.165, 1.54) is 5.56 Å². The van der Waals surface area contributed by atoms with Crippen molar-refractivity contribution in [2.45, 2.75) is 45.7 Å². The summed E-state index contributed by atoms with van der Waals surface area (Å²) < 4.78 is 7.90. The van der Waals surface area contributed by atoms with Gasteiger partial charge in [-0.25, -0.2) is 0 Å². The van der Waals surface area contributed by atoms with Gasteiger partial charge >= 0.3 is 0 Å². The Kier molecular flexibility index (Phi) is 5.93. The van der Waals surface area contributed by atoms with Crippen LogP contribution in [-0.2, 0) is 17.8 Å². The van der Waals surface area contributed by atoms with Crippen molar-refractivity contribution in [3.8, 4) is 16.9 Å². The van der Waals surface area contributed by atoms with E-state index in [2.05, 4.69) is 36.0 Å². The number of hydrogen-bond donors (Lipinski definition) is 1. The Hall–Kier alpha value is -2.34. The van der Waals surface area contributed by atoms with Crippen LogP contribution >= 0.6 is 0 Å². The van der Waals surface area contributed by atoms with Gasteiger partial charge in [-0.3, -0.25) is 4.68 Å². The molecular formula is C20H27N3O3. The molecule has 0 radical (unpaired) electrons. The van der Waals surface area contributed by atoms with Crippen LogP contribution in [0.4, 0.5) is 5.69 Å². The van der Waals surface area contributed by atoms with E-state index in [1.54, 1.807) is 4.68 Å². The molecule has 26 heavy (non-hydrogen) atoms. The highest BCUT2D eigenvalue weighted by Gasteiger charge is 2.27. The molecule has 1 aliphatic heterocycles. The molecule has 1 atom stereocenters. The van der Waals surface area contributed by atoms with Gasteiger partial charge in [0.15, 0.2) is 0 Å². The molecule has 0 fully saturated rings. The Balaban J connectivity index is 2.06. The van der Waals surface area contributed by atoms with Crippen molar-refractivity contribution >= 4 is 12.0 Å². The highest BCUT2D eigenvalue weighted by atomic mass is 16.5. The van der Waals surface area contributed by atoms with Crippen LogP contribution in [0.25, 0.3) is 11.1 Å². The lowest BCUT2D eigenvalue weighted by Crippen LogP contribution is -2.38. The van der Waals surface area contributed by atoms with Gasteiger partial charge in [-0.15, -0.1) is 0 Å². The number of rotatable bonds is 8. The number of ether oxygens (including phenoxy) is 1. The molecule has 0 amide bonds. The number of hydrogen-bond acceptors (Lipinski definition) is 5. The predicted molar refractivity (Wildman–Crippen MR) is 102 cm³/mol. The third-order valence-corrected chi connectivity index (χ3v) is 4.88. The van der Waals surface area contributed by atoms with E-state index < -0.39 is 0 Å². The van der Waals surface area contributed by atoms with Gasteiger partial charge in [0.1, 0.15) is 12.0 Å². The summed E-state index contributed by atoms with van der Waals surface area (Å²) in [5.41, 5.74) is 4.26. The molecule has 6 heteroatoms. The van der Waals surface area contributed by atoms with E-state index >= 15 is 0 Å². The topological polar surface area (TPSA) is 67.6 Å². The maximum Gasteiger partial charge on any atom is 0.139 e. The van der Waals surface area contributed by atoms with E-state index in [9.17, 15) is 4.79 Å². The third-order valence-electron chi connectivity index (χ3n) is 4.88. The number of aldehydes is 1. The molecule has 0 saturated carbocycles. The maximum atomic E-state index is 11.1. The van der Waals surface area contributed by atoms with E-state index in [4.69, 9.17) is 9.84 Å². The smallest absolute Gasteiger partial charge is 0.139 e. The highest BCUT2D eigenvalue weighted by Crippen LogP contribution is 2.42. The number of carbonyl (C=O) groups is 1.